The molecule has 88 valence electrons. The van der Waals surface area contributed by atoms with Crippen molar-refractivity contribution in [2.45, 2.75) is 19.4 Å². The van der Waals surface area contributed by atoms with E-state index in [1.54, 1.807) is 6.92 Å². The van der Waals surface area contributed by atoms with E-state index in [-0.39, 0.29) is 19.2 Å². The van der Waals surface area contributed by atoms with E-state index >= 15 is 0 Å². The van der Waals surface area contributed by atoms with Crippen LogP contribution in [0.25, 0.3) is 0 Å². The molecule has 0 fully saturated rings. The molecule has 0 aromatic heterocycles. The van der Waals surface area contributed by atoms with Crippen LogP contribution in [-0.4, -0.2) is 53.7 Å². The van der Waals surface area contributed by atoms with Crippen LogP contribution in [0, 0.1) is 0 Å². The Labute approximate surface area is 82.7 Å². The summed E-state index contributed by atoms with van der Waals surface area (Å²) in [5.41, 5.74) is 0. The Bertz CT molecular complexity index is 188. The van der Waals surface area contributed by atoms with Gasteiger partial charge >= 0.3 is 0 Å². The number of carboxylic acid groups (broad SMARTS) is 1. The first-order valence-electron chi connectivity index (χ1n) is 3.48. The first kappa shape index (κ1) is 19.0. The average Bonchev–Trinajstić information content (AvgIpc) is 1.83. The van der Waals surface area contributed by atoms with Gasteiger partial charge in [0.15, 0.2) is 0 Å². The standard InChI is InChI=1S/C4H10O2.CH4O3S.CH2O2/c1-4(6)2-3-5;1-5(2,3)4;2-1-3/h4-6H,2-3H2,1H3;1H3,(H,2,3,4);1H,(H,2,3). The molecule has 0 saturated heterocycles. The molecule has 0 spiro atoms. The molecule has 8 heteroatoms. The summed E-state index contributed by atoms with van der Waals surface area (Å²) in [4.78, 5) is 8.36. The molecule has 4 N–H and O–H groups in total. The Kier molecular flexibility index (Phi) is 16.7. The van der Waals surface area contributed by atoms with E-state index in [0.717, 1.165) is 0 Å². The molecule has 0 bridgehead atoms. The summed E-state index contributed by atoms with van der Waals surface area (Å²) in [6.07, 6.45) is 0.850. The van der Waals surface area contributed by atoms with Crippen molar-refractivity contribution < 1.29 is 33.1 Å². The van der Waals surface area contributed by atoms with E-state index < -0.39 is 10.1 Å². The molecule has 0 radical (unpaired) electrons. The summed E-state index contributed by atoms with van der Waals surface area (Å²) < 4.78 is 25.9. The summed E-state index contributed by atoms with van der Waals surface area (Å²) in [6, 6.07) is 0. The quantitative estimate of drug-likeness (QED) is 0.353. The van der Waals surface area contributed by atoms with Crippen molar-refractivity contribution in [2.75, 3.05) is 12.9 Å². The van der Waals surface area contributed by atoms with Gasteiger partial charge in [-0.1, -0.05) is 0 Å². The Balaban J connectivity index is -0.000000138. The predicted octanol–water partition coefficient (Wildman–Crippen LogP) is -1.05. The van der Waals surface area contributed by atoms with Gasteiger partial charge in [0.25, 0.3) is 16.6 Å². The zero-order chi connectivity index (χ0) is 12.2. The van der Waals surface area contributed by atoms with Gasteiger partial charge in [-0.05, 0) is 13.3 Å². The first-order chi connectivity index (χ1) is 6.18. The van der Waals surface area contributed by atoms with Crippen molar-refractivity contribution >= 4 is 16.6 Å². The second kappa shape index (κ2) is 12.3. The third kappa shape index (κ3) is 227. The zero-order valence-corrected chi connectivity index (χ0v) is 8.81. The number of rotatable bonds is 2. The van der Waals surface area contributed by atoms with Crippen molar-refractivity contribution in [3.05, 3.63) is 0 Å². The summed E-state index contributed by atoms with van der Waals surface area (Å²) in [5, 5.41) is 23.4. The first-order valence-corrected chi connectivity index (χ1v) is 5.33. The maximum atomic E-state index is 9.19. The molecular formula is C6H16O7S. The molecule has 7 nitrogen and oxygen atoms in total. The van der Waals surface area contributed by atoms with Gasteiger partial charge in [-0.3, -0.25) is 9.35 Å². The second-order valence-corrected chi connectivity index (χ2v) is 3.67. The summed E-state index contributed by atoms with van der Waals surface area (Å²) in [7, 11) is -3.67. The van der Waals surface area contributed by atoms with Crippen molar-refractivity contribution in [3.63, 3.8) is 0 Å². The lowest BCUT2D eigenvalue weighted by molar-refractivity contribution is -0.122. The highest BCUT2D eigenvalue weighted by Crippen LogP contribution is 1.83. The van der Waals surface area contributed by atoms with E-state index in [0.29, 0.717) is 12.7 Å². The zero-order valence-electron chi connectivity index (χ0n) is 7.99. The molecule has 0 saturated carbocycles. The fourth-order valence-corrected chi connectivity index (χ4v) is 0.187. The lowest BCUT2D eigenvalue weighted by Crippen LogP contribution is -2.00. The maximum absolute atomic E-state index is 9.19. The molecular weight excluding hydrogens is 216 g/mol. The van der Waals surface area contributed by atoms with Crippen LogP contribution in [0.2, 0.25) is 0 Å². The Morgan fingerprint density at radius 3 is 1.64 bits per heavy atom. The van der Waals surface area contributed by atoms with Gasteiger partial charge in [0, 0.05) is 6.61 Å². The minimum absolute atomic E-state index is 0.0810. The Morgan fingerprint density at radius 1 is 1.43 bits per heavy atom. The minimum Gasteiger partial charge on any atom is -0.483 e. The topological polar surface area (TPSA) is 132 Å². The third-order valence-corrected chi connectivity index (χ3v) is 0.547. The number of carbonyl (C=O) groups is 1. The summed E-state index contributed by atoms with van der Waals surface area (Å²) in [6.45, 7) is 1.48. The highest BCUT2D eigenvalue weighted by Gasteiger charge is 1.88. The average molecular weight is 232 g/mol. The number of aliphatic hydroxyl groups is 2. The monoisotopic (exact) mass is 232 g/mol. The van der Waals surface area contributed by atoms with Gasteiger partial charge in [0.1, 0.15) is 0 Å². The van der Waals surface area contributed by atoms with Crippen molar-refractivity contribution in [3.8, 4) is 0 Å². The normalized spacial score (nSPS) is 11.2. The van der Waals surface area contributed by atoms with Crippen LogP contribution in [0.15, 0.2) is 0 Å². The van der Waals surface area contributed by atoms with E-state index in [9.17, 15) is 8.42 Å². The van der Waals surface area contributed by atoms with Gasteiger partial charge < -0.3 is 15.3 Å². The van der Waals surface area contributed by atoms with Gasteiger partial charge in [-0.2, -0.15) is 8.42 Å². The van der Waals surface area contributed by atoms with Crippen molar-refractivity contribution in [2.24, 2.45) is 0 Å². The molecule has 14 heavy (non-hydrogen) atoms. The molecule has 0 heterocycles. The molecule has 0 aromatic rings. The van der Waals surface area contributed by atoms with Gasteiger partial charge in [0.2, 0.25) is 0 Å². The maximum Gasteiger partial charge on any atom is 0.290 e. The van der Waals surface area contributed by atoms with E-state index in [1.165, 1.54) is 0 Å². The highest BCUT2D eigenvalue weighted by molar-refractivity contribution is 7.85. The highest BCUT2D eigenvalue weighted by atomic mass is 32.2. The van der Waals surface area contributed by atoms with Crippen LogP contribution in [0.3, 0.4) is 0 Å². The van der Waals surface area contributed by atoms with Crippen LogP contribution in [0.4, 0.5) is 0 Å². The summed E-state index contributed by atoms with van der Waals surface area (Å²) in [5.74, 6) is 0. The van der Waals surface area contributed by atoms with E-state index in [4.69, 9.17) is 24.7 Å². The van der Waals surface area contributed by atoms with Gasteiger partial charge in [0.05, 0.1) is 12.4 Å². The van der Waals surface area contributed by atoms with Crippen LogP contribution in [0.1, 0.15) is 13.3 Å². The molecule has 1 unspecified atom stereocenters. The second-order valence-electron chi connectivity index (χ2n) is 2.20. The molecule has 0 aromatic carbocycles. The lowest BCUT2D eigenvalue weighted by Gasteiger charge is -1.95. The van der Waals surface area contributed by atoms with Crippen LogP contribution in [-0.2, 0) is 14.9 Å². The van der Waals surface area contributed by atoms with Crippen LogP contribution < -0.4 is 0 Å². The fourth-order valence-electron chi connectivity index (χ4n) is 0.187. The number of hydrogen-bond acceptors (Lipinski definition) is 5. The number of aliphatic hydroxyl groups excluding tert-OH is 2. The van der Waals surface area contributed by atoms with Crippen molar-refractivity contribution in [1.82, 2.24) is 0 Å². The van der Waals surface area contributed by atoms with Crippen molar-refractivity contribution in [1.29, 1.82) is 0 Å². The SMILES string of the molecule is CC(O)CCO.CS(=O)(=O)O.O=CO. The minimum atomic E-state index is -3.67. The predicted molar refractivity (Wildman–Crippen MR) is 49.5 cm³/mol. The molecule has 0 rings (SSSR count). The van der Waals surface area contributed by atoms with Crippen LogP contribution >= 0.6 is 0 Å². The molecule has 0 aliphatic heterocycles. The Morgan fingerprint density at radius 2 is 1.64 bits per heavy atom. The van der Waals surface area contributed by atoms with Gasteiger partial charge in [-0.15, -0.1) is 0 Å². The molecule has 1 atom stereocenters. The molecule has 0 aliphatic carbocycles. The molecule has 0 amide bonds. The fraction of sp³-hybridized carbons (Fsp3) is 0.833. The van der Waals surface area contributed by atoms with Gasteiger partial charge in [-0.25, -0.2) is 0 Å². The number of hydrogen-bond donors (Lipinski definition) is 4. The van der Waals surface area contributed by atoms with Crippen LogP contribution in [0.5, 0.6) is 0 Å². The van der Waals surface area contributed by atoms with E-state index in [2.05, 4.69) is 0 Å². The molecule has 0 aliphatic rings. The smallest absolute Gasteiger partial charge is 0.290 e. The summed E-state index contributed by atoms with van der Waals surface area (Å²) >= 11 is 0. The largest absolute Gasteiger partial charge is 0.483 e. The third-order valence-electron chi connectivity index (χ3n) is 0.547. The Hall–Kier alpha value is -0.700. The van der Waals surface area contributed by atoms with E-state index in [1.807, 2.05) is 0 Å². The lowest BCUT2D eigenvalue weighted by atomic mass is 10.3.